The van der Waals surface area contributed by atoms with Crippen molar-refractivity contribution in [3.05, 3.63) is 23.3 Å². The number of aliphatic hydroxyl groups excluding tert-OH is 1. The highest BCUT2D eigenvalue weighted by Gasteiger charge is 2.14. The van der Waals surface area contributed by atoms with Crippen molar-refractivity contribution >= 4 is 17.5 Å². The highest BCUT2D eigenvalue weighted by atomic mass is 32.2. The van der Waals surface area contributed by atoms with Crippen LogP contribution in [0.2, 0.25) is 0 Å². The number of benzene rings is 1. The second kappa shape index (κ2) is 7.44. The van der Waals surface area contributed by atoms with Gasteiger partial charge in [-0.05, 0) is 31.9 Å². The van der Waals surface area contributed by atoms with E-state index in [1.165, 1.54) is 6.92 Å². The van der Waals surface area contributed by atoms with E-state index in [1.54, 1.807) is 17.8 Å². The van der Waals surface area contributed by atoms with Crippen molar-refractivity contribution in [1.29, 1.82) is 0 Å². The van der Waals surface area contributed by atoms with Gasteiger partial charge in [0.25, 0.3) is 0 Å². The Morgan fingerprint density at radius 1 is 1.39 bits per heavy atom. The second-order valence-corrected chi connectivity index (χ2v) is 5.31. The Kier molecular flexibility index (Phi) is 6.22. The summed E-state index contributed by atoms with van der Waals surface area (Å²) in [7, 11) is 0. The van der Waals surface area contributed by atoms with Crippen molar-refractivity contribution in [1.82, 2.24) is 0 Å². The van der Waals surface area contributed by atoms with Crippen molar-refractivity contribution in [3.8, 4) is 5.75 Å². The summed E-state index contributed by atoms with van der Waals surface area (Å²) in [6.45, 7) is 3.68. The summed E-state index contributed by atoms with van der Waals surface area (Å²) in [5.74, 6) is 0.821. The fourth-order valence-corrected chi connectivity index (χ4v) is 2.81. The average molecular weight is 268 g/mol. The molecule has 2 N–H and O–H groups in total. The third kappa shape index (κ3) is 3.75. The third-order valence-corrected chi connectivity index (χ3v) is 3.87. The molecule has 0 saturated heterocycles. The Morgan fingerprint density at radius 2 is 2.11 bits per heavy atom. The van der Waals surface area contributed by atoms with Gasteiger partial charge >= 0.3 is 0 Å². The molecule has 0 atom stereocenters. The smallest absolute Gasteiger partial charge is 0.163 e. The highest BCUT2D eigenvalue weighted by Crippen LogP contribution is 2.34. The van der Waals surface area contributed by atoms with Gasteiger partial charge in [0.2, 0.25) is 0 Å². The van der Waals surface area contributed by atoms with Crippen LogP contribution in [-0.2, 0) is 6.42 Å². The van der Waals surface area contributed by atoms with Crippen LogP contribution in [0.15, 0.2) is 17.0 Å². The van der Waals surface area contributed by atoms with Crippen molar-refractivity contribution in [3.63, 3.8) is 0 Å². The molecule has 0 saturated carbocycles. The van der Waals surface area contributed by atoms with Gasteiger partial charge in [-0.1, -0.05) is 13.3 Å². The predicted molar refractivity (Wildman–Crippen MR) is 74.5 cm³/mol. The number of Topliss-reactive ketones (excluding diaryl/α,β-unsaturated/α-hetero) is 1. The summed E-state index contributed by atoms with van der Waals surface area (Å²) in [4.78, 5) is 12.4. The Balaban J connectivity index is 3.02. The molecule has 18 heavy (non-hydrogen) atoms. The molecule has 0 amide bonds. The first kappa shape index (κ1) is 15.1. The van der Waals surface area contributed by atoms with Gasteiger partial charge in [-0.25, -0.2) is 0 Å². The van der Waals surface area contributed by atoms with Gasteiger partial charge in [-0.2, -0.15) is 0 Å². The molecular weight excluding hydrogens is 248 g/mol. The molecule has 1 aromatic carbocycles. The summed E-state index contributed by atoms with van der Waals surface area (Å²) >= 11 is 1.61. The summed E-state index contributed by atoms with van der Waals surface area (Å²) < 4.78 is 0. The molecule has 100 valence electrons. The molecular formula is C14H20O3S. The van der Waals surface area contributed by atoms with Crippen LogP contribution < -0.4 is 0 Å². The molecule has 0 aliphatic heterocycles. The molecule has 0 fully saturated rings. The van der Waals surface area contributed by atoms with E-state index in [-0.39, 0.29) is 18.1 Å². The van der Waals surface area contributed by atoms with Gasteiger partial charge < -0.3 is 10.2 Å². The van der Waals surface area contributed by atoms with Crippen molar-refractivity contribution in [2.45, 2.75) is 38.0 Å². The van der Waals surface area contributed by atoms with Crippen LogP contribution in [0.1, 0.15) is 42.6 Å². The van der Waals surface area contributed by atoms with Gasteiger partial charge in [-0.15, -0.1) is 11.8 Å². The minimum Gasteiger partial charge on any atom is -0.507 e. The lowest BCUT2D eigenvalue weighted by Gasteiger charge is -2.13. The number of aromatic hydroxyl groups is 1. The van der Waals surface area contributed by atoms with Gasteiger partial charge in [0.1, 0.15) is 5.75 Å². The standard InChI is InChI=1S/C14H20O3S/c1-3-5-12-13(18-9-4-8-15)7-6-11(10(2)16)14(12)17/h6-7,15,17H,3-5,8-9H2,1-2H3. The number of carbonyl (C=O) groups excluding carboxylic acids is 1. The molecule has 0 heterocycles. The summed E-state index contributed by atoms with van der Waals surface area (Å²) in [6.07, 6.45) is 2.41. The number of phenols is 1. The number of phenolic OH excluding ortho intramolecular Hbond substituents is 1. The minimum atomic E-state index is -0.114. The number of ketones is 1. The molecule has 1 aromatic rings. The van der Waals surface area contributed by atoms with Gasteiger partial charge in [0, 0.05) is 22.8 Å². The first-order valence-electron chi connectivity index (χ1n) is 6.21. The lowest BCUT2D eigenvalue weighted by Crippen LogP contribution is -1.99. The van der Waals surface area contributed by atoms with Crippen LogP contribution in [0.5, 0.6) is 5.75 Å². The first-order valence-corrected chi connectivity index (χ1v) is 7.19. The SMILES string of the molecule is CCCc1c(SCCCO)ccc(C(C)=O)c1O. The Morgan fingerprint density at radius 3 is 2.67 bits per heavy atom. The normalized spacial score (nSPS) is 10.6. The lowest BCUT2D eigenvalue weighted by molar-refractivity contribution is 0.101. The van der Waals surface area contributed by atoms with Crippen LogP contribution in [-0.4, -0.2) is 28.4 Å². The number of carbonyl (C=O) groups is 1. The number of aliphatic hydroxyl groups is 1. The lowest BCUT2D eigenvalue weighted by atomic mass is 10.0. The quantitative estimate of drug-likeness (QED) is 0.453. The Hall–Kier alpha value is -1.00. The van der Waals surface area contributed by atoms with E-state index in [2.05, 4.69) is 0 Å². The topological polar surface area (TPSA) is 57.5 Å². The zero-order chi connectivity index (χ0) is 13.5. The van der Waals surface area contributed by atoms with Crippen LogP contribution in [0.4, 0.5) is 0 Å². The molecule has 0 aliphatic carbocycles. The molecule has 0 radical (unpaired) electrons. The highest BCUT2D eigenvalue weighted by molar-refractivity contribution is 7.99. The number of hydrogen-bond acceptors (Lipinski definition) is 4. The molecule has 4 heteroatoms. The third-order valence-electron chi connectivity index (χ3n) is 2.68. The van der Waals surface area contributed by atoms with Crippen molar-refractivity contribution in [2.24, 2.45) is 0 Å². The molecule has 3 nitrogen and oxygen atoms in total. The van der Waals surface area contributed by atoms with E-state index in [9.17, 15) is 9.90 Å². The van der Waals surface area contributed by atoms with Crippen molar-refractivity contribution in [2.75, 3.05) is 12.4 Å². The second-order valence-electron chi connectivity index (χ2n) is 4.17. The van der Waals surface area contributed by atoms with E-state index >= 15 is 0 Å². The number of thioether (sulfide) groups is 1. The molecule has 0 bridgehead atoms. The van der Waals surface area contributed by atoms with Crippen LogP contribution in [0.3, 0.4) is 0 Å². The summed E-state index contributed by atoms with van der Waals surface area (Å²) in [5, 5.41) is 18.9. The first-order chi connectivity index (χ1) is 8.61. The molecule has 0 aromatic heterocycles. The van der Waals surface area contributed by atoms with E-state index in [0.29, 0.717) is 5.56 Å². The maximum atomic E-state index is 11.4. The van der Waals surface area contributed by atoms with Crippen LogP contribution in [0, 0.1) is 0 Å². The Labute approximate surface area is 112 Å². The fraction of sp³-hybridized carbons (Fsp3) is 0.500. The van der Waals surface area contributed by atoms with Gasteiger partial charge in [0.15, 0.2) is 5.78 Å². The maximum absolute atomic E-state index is 11.4. The van der Waals surface area contributed by atoms with E-state index < -0.39 is 0 Å². The maximum Gasteiger partial charge on any atom is 0.163 e. The van der Waals surface area contributed by atoms with E-state index in [1.807, 2.05) is 13.0 Å². The molecule has 0 aliphatic rings. The average Bonchev–Trinajstić information content (AvgIpc) is 2.33. The largest absolute Gasteiger partial charge is 0.507 e. The zero-order valence-electron chi connectivity index (χ0n) is 10.9. The summed E-state index contributed by atoms with van der Waals surface area (Å²) in [5.41, 5.74) is 1.25. The monoisotopic (exact) mass is 268 g/mol. The van der Waals surface area contributed by atoms with Gasteiger partial charge in [0.05, 0.1) is 5.56 Å². The van der Waals surface area contributed by atoms with E-state index in [0.717, 1.165) is 35.5 Å². The van der Waals surface area contributed by atoms with Crippen molar-refractivity contribution < 1.29 is 15.0 Å². The van der Waals surface area contributed by atoms with Crippen LogP contribution in [0.25, 0.3) is 0 Å². The zero-order valence-corrected chi connectivity index (χ0v) is 11.7. The molecule has 1 rings (SSSR count). The fourth-order valence-electron chi connectivity index (χ4n) is 1.78. The van der Waals surface area contributed by atoms with Gasteiger partial charge in [-0.3, -0.25) is 4.79 Å². The minimum absolute atomic E-state index is 0.114. The summed E-state index contributed by atoms with van der Waals surface area (Å²) in [6, 6.07) is 3.57. The van der Waals surface area contributed by atoms with E-state index in [4.69, 9.17) is 5.11 Å². The Bertz CT molecular complexity index is 416. The predicted octanol–water partition coefficient (Wildman–Crippen LogP) is 3.02. The van der Waals surface area contributed by atoms with Crippen LogP contribution >= 0.6 is 11.8 Å². The number of hydrogen-bond donors (Lipinski definition) is 2. The molecule has 0 spiro atoms. The number of rotatable bonds is 7. The molecule has 0 unspecified atom stereocenters.